The van der Waals surface area contributed by atoms with Crippen LogP contribution in [0.4, 0.5) is 10.8 Å². The summed E-state index contributed by atoms with van der Waals surface area (Å²) in [7, 11) is 0. The molecule has 9 heteroatoms. The summed E-state index contributed by atoms with van der Waals surface area (Å²) in [6.45, 7) is 5.54. The standard InChI is InChI=1S/C21H25ClN4O3S/c1-2-29-21(28)19-15-4-3-5-16(15)30-20(19)24-18(27)13-25-8-10-26(11-9-25)17-7-6-14(22)12-23-17/h6-7,12H,2-5,8-11,13H2,1H3,(H,24,27). The van der Waals surface area contributed by atoms with Crippen LogP contribution in [0.2, 0.25) is 5.02 Å². The second-order valence-electron chi connectivity index (χ2n) is 7.43. The fourth-order valence-corrected chi connectivity index (χ4v) is 5.38. The highest BCUT2D eigenvalue weighted by Crippen LogP contribution is 2.39. The number of nitrogens with zero attached hydrogens (tertiary/aromatic N) is 3. The molecule has 0 atom stereocenters. The van der Waals surface area contributed by atoms with Gasteiger partial charge in [-0.2, -0.15) is 0 Å². The Morgan fingerprint density at radius 3 is 2.73 bits per heavy atom. The molecule has 1 aliphatic carbocycles. The number of piperazine rings is 1. The number of pyridine rings is 1. The van der Waals surface area contributed by atoms with E-state index in [2.05, 4.69) is 20.1 Å². The lowest BCUT2D eigenvalue weighted by atomic mass is 10.1. The van der Waals surface area contributed by atoms with Gasteiger partial charge in [0, 0.05) is 37.3 Å². The number of aryl methyl sites for hydroxylation is 1. The van der Waals surface area contributed by atoms with Gasteiger partial charge in [-0.15, -0.1) is 11.3 Å². The highest BCUT2D eigenvalue weighted by atomic mass is 35.5. The summed E-state index contributed by atoms with van der Waals surface area (Å²) in [5, 5.41) is 4.22. The highest BCUT2D eigenvalue weighted by molar-refractivity contribution is 7.17. The maximum atomic E-state index is 12.7. The zero-order valence-corrected chi connectivity index (χ0v) is 18.5. The van der Waals surface area contributed by atoms with Gasteiger partial charge in [-0.1, -0.05) is 11.6 Å². The first kappa shape index (κ1) is 21.1. The van der Waals surface area contributed by atoms with E-state index in [4.69, 9.17) is 16.3 Å². The summed E-state index contributed by atoms with van der Waals surface area (Å²) >= 11 is 7.42. The molecule has 1 N–H and O–H groups in total. The van der Waals surface area contributed by atoms with Crippen molar-refractivity contribution in [2.24, 2.45) is 0 Å². The van der Waals surface area contributed by atoms with Crippen LogP contribution >= 0.6 is 22.9 Å². The normalized spacial score (nSPS) is 16.4. The Morgan fingerprint density at radius 2 is 2.03 bits per heavy atom. The van der Waals surface area contributed by atoms with Gasteiger partial charge in [0.05, 0.1) is 23.7 Å². The molecule has 2 aromatic rings. The van der Waals surface area contributed by atoms with E-state index in [1.54, 1.807) is 13.1 Å². The van der Waals surface area contributed by atoms with Gasteiger partial charge in [0.1, 0.15) is 10.8 Å². The molecule has 0 spiro atoms. The van der Waals surface area contributed by atoms with Crippen LogP contribution in [0.3, 0.4) is 0 Å². The third kappa shape index (κ3) is 4.61. The third-order valence-corrected chi connectivity index (χ3v) is 6.86. The molecule has 30 heavy (non-hydrogen) atoms. The van der Waals surface area contributed by atoms with Gasteiger partial charge in [-0.05, 0) is 43.9 Å². The number of carbonyl (C=O) groups is 2. The Balaban J connectivity index is 1.35. The number of ether oxygens (including phenoxy) is 1. The van der Waals surface area contributed by atoms with Crippen LogP contribution in [0.1, 0.15) is 34.1 Å². The van der Waals surface area contributed by atoms with Gasteiger partial charge >= 0.3 is 5.97 Å². The van der Waals surface area contributed by atoms with Gasteiger partial charge in [-0.3, -0.25) is 9.69 Å². The number of thiophene rings is 1. The van der Waals surface area contributed by atoms with Crippen molar-refractivity contribution in [1.82, 2.24) is 9.88 Å². The molecule has 0 saturated carbocycles. The topological polar surface area (TPSA) is 74.8 Å². The minimum atomic E-state index is -0.337. The predicted molar refractivity (Wildman–Crippen MR) is 119 cm³/mol. The Hall–Kier alpha value is -2.16. The van der Waals surface area contributed by atoms with Gasteiger partial charge < -0.3 is 15.0 Å². The summed E-state index contributed by atoms with van der Waals surface area (Å²) in [6, 6.07) is 3.75. The molecule has 160 valence electrons. The van der Waals surface area contributed by atoms with Crippen LogP contribution in [-0.4, -0.2) is 61.1 Å². The third-order valence-electron chi connectivity index (χ3n) is 5.43. The Morgan fingerprint density at radius 1 is 1.23 bits per heavy atom. The molecule has 3 heterocycles. The molecule has 1 fully saturated rings. The zero-order valence-electron chi connectivity index (χ0n) is 16.9. The van der Waals surface area contributed by atoms with Crippen molar-refractivity contribution in [3.8, 4) is 0 Å². The molecular formula is C21H25ClN4O3S. The molecule has 1 aliphatic heterocycles. The van der Waals surface area contributed by atoms with Crippen LogP contribution in [-0.2, 0) is 22.4 Å². The summed E-state index contributed by atoms with van der Waals surface area (Å²) in [5.74, 6) is 0.463. The number of aromatic nitrogens is 1. The van der Waals surface area contributed by atoms with Gasteiger partial charge in [0.25, 0.3) is 0 Å². The average molecular weight is 449 g/mol. The molecule has 1 saturated heterocycles. The van der Waals surface area contributed by atoms with Crippen LogP contribution in [0.25, 0.3) is 0 Å². The molecule has 2 aliphatic rings. The molecule has 7 nitrogen and oxygen atoms in total. The largest absolute Gasteiger partial charge is 0.462 e. The maximum absolute atomic E-state index is 12.7. The number of hydrogen-bond donors (Lipinski definition) is 1. The quantitative estimate of drug-likeness (QED) is 0.684. The van der Waals surface area contributed by atoms with E-state index in [0.29, 0.717) is 28.7 Å². The fraction of sp³-hybridized carbons (Fsp3) is 0.476. The van der Waals surface area contributed by atoms with Crippen molar-refractivity contribution >= 4 is 45.6 Å². The minimum Gasteiger partial charge on any atom is -0.462 e. The van der Waals surface area contributed by atoms with E-state index in [1.165, 1.54) is 16.2 Å². The number of rotatable bonds is 6. The van der Waals surface area contributed by atoms with Crippen LogP contribution in [0.5, 0.6) is 0 Å². The first-order valence-corrected chi connectivity index (χ1v) is 11.4. The number of anilines is 2. The van der Waals surface area contributed by atoms with E-state index in [-0.39, 0.29) is 11.9 Å². The van der Waals surface area contributed by atoms with Crippen molar-refractivity contribution in [3.63, 3.8) is 0 Å². The second kappa shape index (κ2) is 9.32. The van der Waals surface area contributed by atoms with Crippen molar-refractivity contribution in [2.45, 2.75) is 26.2 Å². The molecule has 0 bridgehead atoms. The van der Waals surface area contributed by atoms with Crippen molar-refractivity contribution in [2.75, 3.05) is 49.5 Å². The summed E-state index contributed by atoms with van der Waals surface area (Å²) in [4.78, 5) is 35.0. The van der Waals surface area contributed by atoms with Crippen LogP contribution in [0, 0.1) is 0 Å². The average Bonchev–Trinajstić information content (AvgIpc) is 3.30. The number of nitrogens with one attached hydrogen (secondary N) is 1. The highest BCUT2D eigenvalue weighted by Gasteiger charge is 2.29. The second-order valence-corrected chi connectivity index (χ2v) is 8.97. The van der Waals surface area contributed by atoms with Crippen molar-refractivity contribution in [1.29, 1.82) is 0 Å². The summed E-state index contributed by atoms with van der Waals surface area (Å²) in [6.07, 6.45) is 4.53. The minimum absolute atomic E-state index is 0.0986. The smallest absolute Gasteiger partial charge is 0.341 e. The molecular weight excluding hydrogens is 424 g/mol. The lowest BCUT2D eigenvalue weighted by Gasteiger charge is -2.34. The van der Waals surface area contributed by atoms with E-state index in [0.717, 1.165) is 56.8 Å². The molecule has 0 unspecified atom stereocenters. The fourth-order valence-electron chi connectivity index (χ4n) is 3.97. The van der Waals surface area contributed by atoms with E-state index in [1.807, 2.05) is 12.1 Å². The Labute approximate surface area is 185 Å². The Bertz CT molecular complexity index is 923. The summed E-state index contributed by atoms with van der Waals surface area (Å²) < 4.78 is 5.23. The molecule has 4 rings (SSSR count). The number of halogens is 1. The monoisotopic (exact) mass is 448 g/mol. The summed E-state index contributed by atoms with van der Waals surface area (Å²) in [5.41, 5.74) is 1.61. The zero-order chi connectivity index (χ0) is 21.1. The maximum Gasteiger partial charge on any atom is 0.341 e. The lowest BCUT2D eigenvalue weighted by Crippen LogP contribution is -2.48. The van der Waals surface area contributed by atoms with Crippen molar-refractivity contribution in [3.05, 3.63) is 39.4 Å². The predicted octanol–water partition coefficient (Wildman–Crippen LogP) is 3.22. The Kier molecular flexibility index (Phi) is 6.55. The van der Waals surface area contributed by atoms with Crippen LogP contribution in [0.15, 0.2) is 18.3 Å². The molecule has 0 radical (unpaired) electrons. The number of esters is 1. The number of carbonyl (C=O) groups excluding carboxylic acids is 2. The SMILES string of the molecule is CCOC(=O)c1c(NC(=O)CN2CCN(c3ccc(Cl)cn3)CC2)sc2c1CCC2. The number of fused-ring (bicyclic) bond motifs is 1. The van der Waals surface area contributed by atoms with Crippen LogP contribution < -0.4 is 10.2 Å². The molecule has 1 amide bonds. The van der Waals surface area contributed by atoms with Crippen molar-refractivity contribution < 1.29 is 14.3 Å². The van der Waals surface area contributed by atoms with Gasteiger partial charge in [0.15, 0.2) is 0 Å². The number of amides is 1. The van der Waals surface area contributed by atoms with E-state index in [9.17, 15) is 9.59 Å². The van der Waals surface area contributed by atoms with Gasteiger partial charge in [-0.25, -0.2) is 9.78 Å². The lowest BCUT2D eigenvalue weighted by molar-refractivity contribution is -0.117. The first-order valence-electron chi connectivity index (χ1n) is 10.3. The molecule has 0 aromatic carbocycles. The first-order chi connectivity index (χ1) is 14.5. The van der Waals surface area contributed by atoms with E-state index >= 15 is 0 Å². The van der Waals surface area contributed by atoms with Gasteiger partial charge in [0.2, 0.25) is 5.91 Å². The van der Waals surface area contributed by atoms with E-state index < -0.39 is 0 Å². The molecule has 2 aromatic heterocycles. The number of hydrogen-bond acceptors (Lipinski definition) is 7.